The predicted octanol–water partition coefficient (Wildman–Crippen LogP) is 3.73. The molecule has 2 aromatic carbocycles. The van der Waals surface area contributed by atoms with Gasteiger partial charge in [0.05, 0.1) is 18.5 Å². The van der Waals surface area contributed by atoms with Gasteiger partial charge in [0.1, 0.15) is 24.4 Å². The van der Waals surface area contributed by atoms with Crippen molar-refractivity contribution in [2.75, 3.05) is 20.2 Å². The first-order valence-corrected chi connectivity index (χ1v) is 13.3. The zero-order valence-corrected chi connectivity index (χ0v) is 22.5. The van der Waals surface area contributed by atoms with Gasteiger partial charge in [-0.25, -0.2) is 24.7 Å². The number of carbonyl (C=O) groups is 1. The van der Waals surface area contributed by atoms with Crippen LogP contribution in [0.3, 0.4) is 0 Å². The lowest BCUT2D eigenvalue weighted by molar-refractivity contribution is 0.0590. The van der Waals surface area contributed by atoms with Gasteiger partial charge < -0.3 is 4.74 Å². The summed E-state index contributed by atoms with van der Waals surface area (Å²) in [6.07, 6.45) is 4.56. The van der Waals surface area contributed by atoms with E-state index < -0.39 is 0 Å². The third kappa shape index (κ3) is 6.54. The Morgan fingerprint density at radius 3 is 1.88 bits per heavy atom. The maximum Gasteiger partial charge on any atom is 0.357 e. The average molecular weight is 534 g/mol. The van der Waals surface area contributed by atoms with Crippen molar-refractivity contribution >= 4 is 5.97 Å². The van der Waals surface area contributed by atoms with Crippen LogP contribution < -0.4 is 0 Å². The van der Waals surface area contributed by atoms with Crippen LogP contribution in [-0.4, -0.2) is 55.9 Å². The Morgan fingerprint density at radius 2 is 1.32 bits per heavy atom. The summed E-state index contributed by atoms with van der Waals surface area (Å²) in [6, 6.07) is 22.9. The summed E-state index contributed by atoms with van der Waals surface area (Å²) in [5.41, 5.74) is 7.39. The minimum Gasteiger partial charge on any atom is -0.464 e. The third-order valence-corrected chi connectivity index (χ3v) is 7.15. The number of ether oxygens (including phenoxy) is 1. The maximum absolute atomic E-state index is 11.7. The standard InChI is InChI=1S/C16H17N3O2.C15H14N4/c1-21-16(20)15-13-7-8-19(10-14(13)17-11-18-15)9-12-5-3-2-4-6-12;16-8-14-13-6-7-19(10-15(13)18-11-17-14)9-12-4-2-1-3-5-12/h2-6,11H,7-10H2,1H3;1-5,11H,6-7,9-10H2. The number of aromatic nitrogens is 4. The highest BCUT2D eigenvalue weighted by molar-refractivity contribution is 5.89. The number of rotatable bonds is 5. The Labute approximate surface area is 234 Å². The summed E-state index contributed by atoms with van der Waals surface area (Å²) in [5.74, 6) is -0.384. The van der Waals surface area contributed by atoms with Crippen LogP contribution in [0.1, 0.15) is 49.8 Å². The zero-order chi connectivity index (χ0) is 27.7. The van der Waals surface area contributed by atoms with E-state index in [-0.39, 0.29) is 5.97 Å². The molecule has 0 saturated heterocycles. The Balaban J connectivity index is 0.000000162. The second-order valence-electron chi connectivity index (χ2n) is 9.79. The zero-order valence-electron chi connectivity index (χ0n) is 22.5. The van der Waals surface area contributed by atoms with Crippen LogP contribution in [-0.2, 0) is 43.8 Å². The molecule has 2 aliphatic heterocycles. The molecule has 2 aromatic heterocycles. The van der Waals surface area contributed by atoms with Gasteiger partial charge >= 0.3 is 5.97 Å². The fourth-order valence-corrected chi connectivity index (χ4v) is 5.14. The number of nitriles is 1. The molecular weight excluding hydrogens is 502 g/mol. The number of fused-ring (bicyclic) bond motifs is 2. The van der Waals surface area contributed by atoms with E-state index in [2.05, 4.69) is 72.2 Å². The van der Waals surface area contributed by atoms with Gasteiger partial charge in [-0.2, -0.15) is 5.26 Å². The van der Waals surface area contributed by atoms with Crippen molar-refractivity contribution in [3.8, 4) is 6.07 Å². The summed E-state index contributed by atoms with van der Waals surface area (Å²) in [6.45, 7) is 5.17. The van der Waals surface area contributed by atoms with Crippen LogP contribution in [0.25, 0.3) is 0 Å². The Bertz CT molecular complexity index is 1490. The molecule has 0 unspecified atom stereocenters. The molecule has 0 bridgehead atoms. The number of hydrogen-bond donors (Lipinski definition) is 0. The van der Waals surface area contributed by atoms with Crippen LogP contribution >= 0.6 is 0 Å². The van der Waals surface area contributed by atoms with E-state index in [4.69, 9.17) is 10.00 Å². The molecule has 0 fully saturated rings. The summed E-state index contributed by atoms with van der Waals surface area (Å²) >= 11 is 0. The summed E-state index contributed by atoms with van der Waals surface area (Å²) in [7, 11) is 1.38. The molecule has 4 aromatic rings. The monoisotopic (exact) mass is 533 g/mol. The Morgan fingerprint density at radius 1 is 0.800 bits per heavy atom. The van der Waals surface area contributed by atoms with Crippen LogP contribution in [0, 0.1) is 11.3 Å². The highest BCUT2D eigenvalue weighted by Crippen LogP contribution is 2.22. The fourth-order valence-electron chi connectivity index (χ4n) is 5.14. The van der Waals surface area contributed by atoms with Crippen molar-refractivity contribution in [3.05, 3.63) is 118 Å². The number of hydrogen-bond acceptors (Lipinski definition) is 9. The highest BCUT2D eigenvalue weighted by Gasteiger charge is 2.24. The van der Waals surface area contributed by atoms with Crippen LogP contribution in [0.2, 0.25) is 0 Å². The largest absolute Gasteiger partial charge is 0.464 e. The lowest BCUT2D eigenvalue weighted by Crippen LogP contribution is -2.32. The molecule has 9 nitrogen and oxygen atoms in total. The second kappa shape index (κ2) is 13.0. The molecule has 0 saturated carbocycles. The van der Waals surface area contributed by atoms with E-state index in [1.54, 1.807) is 0 Å². The smallest absolute Gasteiger partial charge is 0.357 e. The molecule has 4 heterocycles. The molecule has 202 valence electrons. The first-order chi connectivity index (χ1) is 19.6. The van der Waals surface area contributed by atoms with E-state index in [1.807, 2.05) is 24.3 Å². The van der Waals surface area contributed by atoms with E-state index in [0.717, 1.165) is 74.6 Å². The first kappa shape index (κ1) is 27.1. The molecular formula is C31H31N7O2. The predicted molar refractivity (Wildman–Crippen MR) is 149 cm³/mol. The highest BCUT2D eigenvalue weighted by atomic mass is 16.5. The molecule has 0 atom stereocenters. The Kier molecular flexibility index (Phi) is 8.81. The first-order valence-electron chi connectivity index (χ1n) is 13.3. The molecule has 0 spiro atoms. The van der Waals surface area contributed by atoms with E-state index >= 15 is 0 Å². The lowest BCUT2D eigenvalue weighted by atomic mass is 10.0. The van der Waals surface area contributed by atoms with Gasteiger partial charge in [-0.05, 0) is 24.0 Å². The topological polar surface area (TPSA) is 108 Å². The van der Waals surface area contributed by atoms with Gasteiger partial charge in [-0.15, -0.1) is 0 Å². The second-order valence-corrected chi connectivity index (χ2v) is 9.79. The quantitative estimate of drug-likeness (QED) is 0.355. The SMILES string of the molecule is COC(=O)c1ncnc2c1CCN(Cc1ccccc1)C2.N#Cc1ncnc2c1CCN(Cc1ccccc1)C2. The van der Waals surface area contributed by atoms with Gasteiger partial charge in [0.25, 0.3) is 0 Å². The van der Waals surface area contributed by atoms with Gasteiger partial charge in [-0.3, -0.25) is 9.80 Å². The molecule has 9 heteroatoms. The van der Waals surface area contributed by atoms with Crippen LogP contribution in [0.4, 0.5) is 0 Å². The van der Waals surface area contributed by atoms with Crippen molar-refractivity contribution in [2.24, 2.45) is 0 Å². The molecule has 6 rings (SSSR count). The van der Waals surface area contributed by atoms with E-state index in [9.17, 15) is 4.79 Å². The number of benzene rings is 2. The van der Waals surface area contributed by atoms with Crippen molar-refractivity contribution in [1.29, 1.82) is 5.26 Å². The van der Waals surface area contributed by atoms with Crippen molar-refractivity contribution in [3.63, 3.8) is 0 Å². The van der Waals surface area contributed by atoms with Gasteiger partial charge in [0, 0.05) is 50.4 Å². The molecule has 2 aliphatic rings. The third-order valence-electron chi connectivity index (χ3n) is 7.15. The maximum atomic E-state index is 11.7. The Hall–Kier alpha value is -4.52. The molecule has 0 aliphatic carbocycles. The van der Waals surface area contributed by atoms with Crippen LogP contribution in [0.5, 0.6) is 0 Å². The number of methoxy groups -OCH3 is 1. The minimum absolute atomic E-state index is 0.384. The van der Waals surface area contributed by atoms with Gasteiger partial charge in [0.2, 0.25) is 0 Å². The van der Waals surface area contributed by atoms with E-state index in [0.29, 0.717) is 11.4 Å². The van der Waals surface area contributed by atoms with Crippen molar-refractivity contribution < 1.29 is 9.53 Å². The van der Waals surface area contributed by atoms with E-state index in [1.165, 1.54) is 30.9 Å². The summed E-state index contributed by atoms with van der Waals surface area (Å²) < 4.78 is 4.78. The lowest BCUT2D eigenvalue weighted by Gasteiger charge is -2.28. The van der Waals surface area contributed by atoms with Crippen molar-refractivity contribution in [1.82, 2.24) is 29.7 Å². The van der Waals surface area contributed by atoms with Crippen molar-refractivity contribution in [2.45, 2.75) is 39.0 Å². The molecule has 0 amide bonds. The molecule has 0 N–H and O–H groups in total. The molecule has 0 radical (unpaired) electrons. The van der Waals surface area contributed by atoms with Gasteiger partial charge in [0.15, 0.2) is 5.69 Å². The number of esters is 1. The number of nitrogens with zero attached hydrogens (tertiary/aromatic N) is 7. The number of carbonyl (C=O) groups excluding carboxylic acids is 1. The van der Waals surface area contributed by atoms with Crippen LogP contribution in [0.15, 0.2) is 73.3 Å². The summed E-state index contributed by atoms with van der Waals surface area (Å²) in [4.78, 5) is 33.2. The van der Waals surface area contributed by atoms with Gasteiger partial charge in [-0.1, -0.05) is 60.7 Å². The molecule has 40 heavy (non-hydrogen) atoms. The average Bonchev–Trinajstić information content (AvgIpc) is 3.01. The summed E-state index contributed by atoms with van der Waals surface area (Å²) in [5, 5.41) is 9.04. The fraction of sp³-hybridized carbons (Fsp3) is 0.290. The normalized spacial score (nSPS) is 14.6. The minimum atomic E-state index is -0.384.